The van der Waals surface area contributed by atoms with Crippen LogP contribution in [-0.2, 0) is 6.54 Å². The maximum atomic E-state index is 10.0. The molecule has 0 aliphatic rings. The first kappa shape index (κ1) is 12.7. The van der Waals surface area contributed by atoms with Crippen molar-refractivity contribution in [2.45, 2.75) is 6.54 Å². The van der Waals surface area contributed by atoms with E-state index in [1.807, 2.05) is 30.3 Å². The van der Waals surface area contributed by atoms with Crippen LogP contribution < -0.4 is 5.32 Å². The van der Waals surface area contributed by atoms with Crippen molar-refractivity contribution in [3.8, 4) is 5.75 Å². The van der Waals surface area contributed by atoms with E-state index in [0.717, 1.165) is 16.3 Å². The first-order chi connectivity index (χ1) is 9.74. The van der Waals surface area contributed by atoms with E-state index in [2.05, 4.69) is 15.3 Å². The smallest absolute Gasteiger partial charge is 0.149 e. The number of hydrogen-bond acceptors (Lipinski definition) is 4. The topological polar surface area (TPSA) is 58.0 Å². The van der Waals surface area contributed by atoms with Gasteiger partial charge in [-0.15, -0.1) is 0 Å². The zero-order chi connectivity index (χ0) is 13.9. The van der Waals surface area contributed by atoms with E-state index in [4.69, 9.17) is 11.6 Å². The summed E-state index contributed by atoms with van der Waals surface area (Å²) in [7, 11) is 0. The van der Waals surface area contributed by atoms with Gasteiger partial charge in [0.25, 0.3) is 0 Å². The van der Waals surface area contributed by atoms with Gasteiger partial charge in [-0.3, -0.25) is 4.98 Å². The van der Waals surface area contributed by atoms with Gasteiger partial charge in [0.2, 0.25) is 0 Å². The van der Waals surface area contributed by atoms with Gasteiger partial charge in [-0.25, -0.2) is 4.98 Å². The summed E-state index contributed by atoms with van der Waals surface area (Å²) in [5.74, 6) is 0.830. The summed E-state index contributed by atoms with van der Waals surface area (Å²) >= 11 is 5.79. The van der Waals surface area contributed by atoms with Crippen LogP contribution in [0.25, 0.3) is 10.8 Å². The molecule has 3 aromatic rings. The molecule has 0 amide bonds. The van der Waals surface area contributed by atoms with E-state index in [1.54, 1.807) is 12.3 Å². The molecule has 0 saturated heterocycles. The maximum Gasteiger partial charge on any atom is 0.149 e. The van der Waals surface area contributed by atoms with E-state index in [9.17, 15) is 5.11 Å². The van der Waals surface area contributed by atoms with E-state index in [1.165, 1.54) is 6.20 Å². The fraction of sp³-hybridized carbons (Fsp3) is 0.0667. The van der Waals surface area contributed by atoms with Crippen LogP contribution in [0.15, 0.2) is 48.8 Å². The second-order valence-electron chi connectivity index (χ2n) is 4.36. The van der Waals surface area contributed by atoms with Crippen LogP contribution >= 0.6 is 11.6 Å². The van der Waals surface area contributed by atoms with Crippen molar-refractivity contribution < 1.29 is 5.11 Å². The number of benzene rings is 2. The third kappa shape index (κ3) is 2.51. The number of phenolic OH excluding ortho intramolecular Hbond substituents is 1. The molecule has 0 unspecified atom stereocenters. The van der Waals surface area contributed by atoms with Crippen molar-refractivity contribution >= 4 is 28.2 Å². The highest BCUT2D eigenvalue weighted by Gasteiger charge is 2.07. The van der Waals surface area contributed by atoms with Crippen molar-refractivity contribution in [3.63, 3.8) is 0 Å². The summed E-state index contributed by atoms with van der Waals surface area (Å²) < 4.78 is 0. The summed E-state index contributed by atoms with van der Waals surface area (Å²) in [5, 5.41) is 15.6. The maximum absolute atomic E-state index is 10.0. The Hall–Kier alpha value is -2.33. The van der Waals surface area contributed by atoms with Crippen molar-refractivity contribution in [1.29, 1.82) is 0 Å². The summed E-state index contributed by atoms with van der Waals surface area (Å²) in [5.41, 5.74) is 0.824. The first-order valence-corrected chi connectivity index (χ1v) is 6.53. The van der Waals surface area contributed by atoms with Crippen molar-refractivity contribution in [2.24, 2.45) is 0 Å². The Morgan fingerprint density at radius 2 is 1.95 bits per heavy atom. The summed E-state index contributed by atoms with van der Waals surface area (Å²) in [6.45, 7) is 0.447. The number of phenols is 1. The predicted octanol–water partition coefficient (Wildman–Crippen LogP) is 3.60. The molecule has 3 rings (SSSR count). The molecule has 4 nitrogen and oxygen atoms in total. The van der Waals surface area contributed by atoms with Gasteiger partial charge >= 0.3 is 0 Å². The summed E-state index contributed by atoms with van der Waals surface area (Å²) in [6, 6.07) is 11.5. The Bertz CT molecular complexity index is 761. The number of anilines is 1. The van der Waals surface area contributed by atoms with Crippen LogP contribution in [0.1, 0.15) is 5.56 Å². The average molecular weight is 286 g/mol. The van der Waals surface area contributed by atoms with Crippen molar-refractivity contribution in [1.82, 2.24) is 9.97 Å². The number of fused-ring (bicyclic) bond motifs is 1. The highest BCUT2D eigenvalue weighted by atomic mass is 35.5. The Kier molecular flexibility index (Phi) is 3.39. The Morgan fingerprint density at radius 1 is 1.10 bits per heavy atom. The summed E-state index contributed by atoms with van der Waals surface area (Å²) in [4.78, 5) is 8.07. The van der Waals surface area contributed by atoms with Gasteiger partial charge in [0.1, 0.15) is 16.7 Å². The van der Waals surface area contributed by atoms with Crippen LogP contribution in [0.5, 0.6) is 5.75 Å². The number of aromatic nitrogens is 2. The lowest BCUT2D eigenvalue weighted by Crippen LogP contribution is -2.02. The zero-order valence-electron chi connectivity index (χ0n) is 10.5. The molecular weight excluding hydrogens is 274 g/mol. The molecule has 0 atom stereocenters. The monoisotopic (exact) mass is 285 g/mol. The molecule has 0 radical (unpaired) electrons. The van der Waals surface area contributed by atoms with E-state index < -0.39 is 0 Å². The molecule has 2 aromatic carbocycles. The lowest BCUT2D eigenvalue weighted by Gasteiger charge is -2.10. The van der Waals surface area contributed by atoms with E-state index in [0.29, 0.717) is 17.5 Å². The minimum Gasteiger partial charge on any atom is -0.508 e. The van der Waals surface area contributed by atoms with Crippen LogP contribution in [0.2, 0.25) is 5.15 Å². The molecule has 0 saturated carbocycles. The normalized spacial score (nSPS) is 10.7. The molecule has 0 bridgehead atoms. The molecule has 0 fully saturated rings. The molecule has 0 aliphatic carbocycles. The number of rotatable bonds is 3. The predicted molar refractivity (Wildman–Crippen MR) is 80.0 cm³/mol. The Balaban J connectivity index is 1.92. The molecule has 100 valence electrons. The lowest BCUT2D eigenvalue weighted by molar-refractivity contribution is 0.470. The second-order valence-corrected chi connectivity index (χ2v) is 4.75. The second kappa shape index (κ2) is 5.35. The number of nitrogens with one attached hydrogen (secondary N) is 1. The SMILES string of the molecule is Oc1ccc2ccccc2c1CNc1cncc(Cl)n1. The van der Waals surface area contributed by atoms with E-state index >= 15 is 0 Å². The zero-order valence-corrected chi connectivity index (χ0v) is 11.3. The molecule has 20 heavy (non-hydrogen) atoms. The highest BCUT2D eigenvalue weighted by molar-refractivity contribution is 6.29. The number of halogens is 1. The molecular formula is C15H12ClN3O. The number of nitrogens with zero attached hydrogens (tertiary/aromatic N) is 2. The van der Waals surface area contributed by atoms with Gasteiger partial charge in [0, 0.05) is 12.1 Å². The minimum absolute atomic E-state index is 0.256. The highest BCUT2D eigenvalue weighted by Crippen LogP contribution is 2.27. The number of aromatic hydroxyl groups is 1. The first-order valence-electron chi connectivity index (χ1n) is 6.15. The largest absolute Gasteiger partial charge is 0.508 e. The molecule has 2 N–H and O–H groups in total. The molecule has 1 aromatic heterocycles. The fourth-order valence-corrected chi connectivity index (χ4v) is 2.26. The molecule has 5 heteroatoms. The fourth-order valence-electron chi connectivity index (χ4n) is 2.12. The van der Waals surface area contributed by atoms with Gasteiger partial charge in [0.05, 0.1) is 12.4 Å². The van der Waals surface area contributed by atoms with Crippen molar-refractivity contribution in [3.05, 3.63) is 59.5 Å². The van der Waals surface area contributed by atoms with Gasteiger partial charge in [0.15, 0.2) is 0 Å². The number of hydrogen-bond donors (Lipinski definition) is 2. The third-order valence-electron chi connectivity index (χ3n) is 3.07. The average Bonchev–Trinajstić information content (AvgIpc) is 2.46. The molecule has 0 spiro atoms. The van der Waals surface area contributed by atoms with Crippen LogP contribution in [0, 0.1) is 0 Å². The van der Waals surface area contributed by atoms with Crippen LogP contribution in [-0.4, -0.2) is 15.1 Å². The van der Waals surface area contributed by atoms with Gasteiger partial charge < -0.3 is 10.4 Å². The standard InChI is InChI=1S/C15H12ClN3O/c16-14-8-17-9-15(19-14)18-7-12-11-4-2-1-3-10(11)5-6-13(12)20/h1-6,8-9,20H,7H2,(H,18,19). The van der Waals surface area contributed by atoms with Gasteiger partial charge in [-0.05, 0) is 16.8 Å². The molecule has 0 aliphatic heterocycles. The third-order valence-corrected chi connectivity index (χ3v) is 3.25. The van der Waals surface area contributed by atoms with Gasteiger partial charge in [-0.1, -0.05) is 41.9 Å². The Morgan fingerprint density at radius 3 is 2.80 bits per heavy atom. The Labute approximate surface area is 121 Å². The minimum atomic E-state index is 0.256. The lowest BCUT2D eigenvalue weighted by atomic mass is 10.0. The summed E-state index contributed by atoms with van der Waals surface area (Å²) in [6.07, 6.45) is 3.07. The molecule has 1 heterocycles. The van der Waals surface area contributed by atoms with Crippen LogP contribution in [0.3, 0.4) is 0 Å². The quantitative estimate of drug-likeness (QED) is 0.772. The van der Waals surface area contributed by atoms with E-state index in [-0.39, 0.29) is 5.75 Å². The van der Waals surface area contributed by atoms with Crippen LogP contribution in [0.4, 0.5) is 5.82 Å². The van der Waals surface area contributed by atoms with Gasteiger partial charge in [-0.2, -0.15) is 0 Å². The van der Waals surface area contributed by atoms with Crippen molar-refractivity contribution in [2.75, 3.05) is 5.32 Å².